The van der Waals surface area contributed by atoms with Crippen molar-refractivity contribution in [2.24, 2.45) is 0 Å². The Morgan fingerprint density at radius 3 is 2.80 bits per heavy atom. The fourth-order valence-corrected chi connectivity index (χ4v) is 2.40. The standard InChI is InChI=1S/C14H13ClN4O/c1-9(2)19-13(11(15)8-17-19)14(20)10-7-16-18-6-4-3-5-12(10)18/h3-9H,1-2H3. The highest BCUT2D eigenvalue weighted by Gasteiger charge is 2.23. The van der Waals surface area contributed by atoms with Crippen LogP contribution >= 0.6 is 11.6 Å². The Morgan fingerprint density at radius 2 is 2.05 bits per heavy atom. The summed E-state index contributed by atoms with van der Waals surface area (Å²) in [5, 5.41) is 8.70. The number of nitrogens with zero attached hydrogens (tertiary/aromatic N) is 4. The largest absolute Gasteiger partial charge is 0.287 e. The minimum atomic E-state index is -0.164. The SMILES string of the molecule is CC(C)n1ncc(Cl)c1C(=O)c1cnn2ccccc12. The maximum Gasteiger partial charge on any atom is 0.216 e. The van der Waals surface area contributed by atoms with Crippen molar-refractivity contribution in [3.05, 3.63) is 53.1 Å². The number of halogens is 1. The van der Waals surface area contributed by atoms with Gasteiger partial charge in [-0.05, 0) is 26.0 Å². The summed E-state index contributed by atoms with van der Waals surface area (Å²) in [6, 6.07) is 5.64. The summed E-state index contributed by atoms with van der Waals surface area (Å²) in [5.41, 5.74) is 1.68. The number of carbonyl (C=O) groups is 1. The minimum absolute atomic E-state index is 0.0586. The number of pyridine rings is 1. The van der Waals surface area contributed by atoms with Crippen LogP contribution in [0.3, 0.4) is 0 Å². The van der Waals surface area contributed by atoms with Crippen LogP contribution in [0.15, 0.2) is 36.8 Å². The van der Waals surface area contributed by atoms with E-state index in [9.17, 15) is 4.79 Å². The van der Waals surface area contributed by atoms with Crippen LogP contribution in [0.4, 0.5) is 0 Å². The average molecular weight is 289 g/mol. The molecular weight excluding hydrogens is 276 g/mol. The Hall–Kier alpha value is -2.14. The van der Waals surface area contributed by atoms with Crippen molar-refractivity contribution < 1.29 is 4.79 Å². The lowest BCUT2D eigenvalue weighted by atomic mass is 10.1. The number of aromatic nitrogens is 4. The van der Waals surface area contributed by atoms with Gasteiger partial charge in [-0.2, -0.15) is 10.2 Å². The summed E-state index contributed by atoms with van der Waals surface area (Å²) in [4.78, 5) is 12.7. The van der Waals surface area contributed by atoms with Crippen LogP contribution in [0.2, 0.25) is 5.02 Å². The Morgan fingerprint density at radius 1 is 1.25 bits per heavy atom. The first-order valence-corrected chi connectivity index (χ1v) is 6.67. The summed E-state index contributed by atoms with van der Waals surface area (Å²) >= 11 is 6.12. The van der Waals surface area contributed by atoms with Crippen molar-refractivity contribution >= 4 is 22.9 Å². The van der Waals surface area contributed by atoms with E-state index in [2.05, 4.69) is 10.2 Å². The van der Waals surface area contributed by atoms with Crippen LogP contribution in [0, 0.1) is 0 Å². The van der Waals surface area contributed by atoms with Crippen LogP contribution in [0.25, 0.3) is 5.52 Å². The normalized spacial score (nSPS) is 11.4. The Bertz CT molecular complexity index is 787. The highest BCUT2D eigenvalue weighted by Crippen LogP contribution is 2.23. The molecule has 3 heterocycles. The molecular formula is C14H13ClN4O. The lowest BCUT2D eigenvalue weighted by Crippen LogP contribution is -2.13. The van der Waals surface area contributed by atoms with Crippen molar-refractivity contribution in [1.82, 2.24) is 19.4 Å². The molecule has 0 aliphatic heterocycles. The summed E-state index contributed by atoms with van der Waals surface area (Å²) in [6.07, 6.45) is 4.86. The van der Waals surface area contributed by atoms with E-state index in [0.29, 0.717) is 16.3 Å². The molecule has 3 rings (SSSR count). The molecule has 0 aromatic carbocycles. The molecule has 0 amide bonds. The Kier molecular flexibility index (Phi) is 3.06. The first-order valence-electron chi connectivity index (χ1n) is 6.29. The molecule has 6 heteroatoms. The van der Waals surface area contributed by atoms with Gasteiger partial charge in [0.05, 0.1) is 28.5 Å². The van der Waals surface area contributed by atoms with Crippen LogP contribution in [-0.2, 0) is 0 Å². The van der Waals surface area contributed by atoms with Gasteiger partial charge in [0.25, 0.3) is 0 Å². The molecule has 0 aliphatic carbocycles. The zero-order chi connectivity index (χ0) is 14.3. The van der Waals surface area contributed by atoms with Crippen LogP contribution < -0.4 is 0 Å². The van der Waals surface area contributed by atoms with Gasteiger partial charge in [0, 0.05) is 12.2 Å². The van der Waals surface area contributed by atoms with Gasteiger partial charge in [0.15, 0.2) is 0 Å². The molecule has 20 heavy (non-hydrogen) atoms. The predicted octanol–water partition coefficient (Wildman–Crippen LogP) is 3.00. The van der Waals surface area contributed by atoms with Gasteiger partial charge in [-0.3, -0.25) is 9.48 Å². The number of hydrogen-bond acceptors (Lipinski definition) is 3. The van der Waals surface area contributed by atoms with Crippen molar-refractivity contribution in [1.29, 1.82) is 0 Å². The molecule has 0 aliphatic rings. The fourth-order valence-electron chi connectivity index (χ4n) is 2.18. The fraction of sp³-hybridized carbons (Fsp3) is 0.214. The van der Waals surface area contributed by atoms with Crippen LogP contribution in [0.5, 0.6) is 0 Å². The van der Waals surface area contributed by atoms with E-state index in [-0.39, 0.29) is 11.8 Å². The number of hydrogen-bond donors (Lipinski definition) is 0. The van der Waals surface area contributed by atoms with Gasteiger partial charge < -0.3 is 0 Å². The molecule has 0 saturated heterocycles. The molecule has 0 bridgehead atoms. The molecule has 0 spiro atoms. The van der Waals surface area contributed by atoms with Crippen LogP contribution in [-0.4, -0.2) is 25.2 Å². The maximum atomic E-state index is 12.7. The highest BCUT2D eigenvalue weighted by molar-refractivity contribution is 6.34. The van der Waals surface area contributed by atoms with Crippen molar-refractivity contribution in [3.8, 4) is 0 Å². The number of fused-ring (bicyclic) bond motifs is 1. The third-order valence-corrected chi connectivity index (χ3v) is 3.40. The Balaban J connectivity index is 2.16. The van der Waals surface area contributed by atoms with E-state index in [1.807, 2.05) is 32.0 Å². The average Bonchev–Trinajstić information content (AvgIpc) is 3.01. The van der Waals surface area contributed by atoms with E-state index in [0.717, 1.165) is 5.52 Å². The van der Waals surface area contributed by atoms with Crippen molar-refractivity contribution in [2.75, 3.05) is 0 Å². The molecule has 3 aromatic rings. The van der Waals surface area contributed by atoms with E-state index in [4.69, 9.17) is 11.6 Å². The molecule has 5 nitrogen and oxygen atoms in total. The zero-order valence-electron chi connectivity index (χ0n) is 11.1. The quantitative estimate of drug-likeness (QED) is 0.696. The summed E-state index contributed by atoms with van der Waals surface area (Å²) in [6.45, 7) is 3.91. The minimum Gasteiger partial charge on any atom is -0.287 e. The van der Waals surface area contributed by atoms with E-state index >= 15 is 0 Å². The molecule has 0 radical (unpaired) electrons. The second-order valence-electron chi connectivity index (χ2n) is 4.80. The van der Waals surface area contributed by atoms with Gasteiger partial charge in [0.1, 0.15) is 5.69 Å². The molecule has 3 aromatic heterocycles. The van der Waals surface area contributed by atoms with E-state index < -0.39 is 0 Å². The summed E-state index contributed by atoms with van der Waals surface area (Å²) in [5.74, 6) is -0.164. The molecule has 0 saturated carbocycles. The van der Waals surface area contributed by atoms with Gasteiger partial charge in [-0.1, -0.05) is 17.7 Å². The molecule has 102 valence electrons. The van der Waals surface area contributed by atoms with Crippen molar-refractivity contribution in [3.63, 3.8) is 0 Å². The van der Waals surface area contributed by atoms with Gasteiger partial charge >= 0.3 is 0 Å². The van der Waals surface area contributed by atoms with E-state index in [1.165, 1.54) is 6.20 Å². The highest BCUT2D eigenvalue weighted by atomic mass is 35.5. The van der Waals surface area contributed by atoms with Gasteiger partial charge in [0.2, 0.25) is 5.78 Å². The topological polar surface area (TPSA) is 52.2 Å². The monoisotopic (exact) mass is 288 g/mol. The van der Waals surface area contributed by atoms with Gasteiger partial charge in [-0.15, -0.1) is 0 Å². The Labute approximate surface area is 120 Å². The first kappa shape index (κ1) is 12.9. The molecule has 0 atom stereocenters. The summed E-state index contributed by atoms with van der Waals surface area (Å²) in [7, 11) is 0. The first-order chi connectivity index (χ1) is 9.59. The number of rotatable bonds is 3. The lowest BCUT2D eigenvalue weighted by Gasteiger charge is -2.09. The van der Waals surface area contributed by atoms with Crippen LogP contribution in [0.1, 0.15) is 35.9 Å². The molecule has 0 fully saturated rings. The zero-order valence-corrected chi connectivity index (χ0v) is 11.9. The predicted molar refractivity (Wildman–Crippen MR) is 76.2 cm³/mol. The van der Waals surface area contributed by atoms with Gasteiger partial charge in [-0.25, -0.2) is 4.52 Å². The summed E-state index contributed by atoms with van der Waals surface area (Å²) < 4.78 is 3.30. The number of ketones is 1. The maximum absolute atomic E-state index is 12.7. The third kappa shape index (κ3) is 1.91. The van der Waals surface area contributed by atoms with E-state index in [1.54, 1.807) is 21.6 Å². The second-order valence-corrected chi connectivity index (χ2v) is 5.20. The molecule has 0 N–H and O–H groups in total. The lowest BCUT2D eigenvalue weighted by molar-refractivity contribution is 0.102. The number of carbonyl (C=O) groups excluding carboxylic acids is 1. The molecule has 0 unspecified atom stereocenters. The smallest absolute Gasteiger partial charge is 0.216 e. The second kappa shape index (κ2) is 4.76. The third-order valence-electron chi connectivity index (χ3n) is 3.13. The van der Waals surface area contributed by atoms with Crippen molar-refractivity contribution in [2.45, 2.75) is 19.9 Å².